The molecule has 0 radical (unpaired) electrons. The fourth-order valence-electron chi connectivity index (χ4n) is 4.32. The summed E-state index contributed by atoms with van der Waals surface area (Å²) in [6, 6.07) is 16.7. The van der Waals surface area contributed by atoms with E-state index < -0.39 is 0 Å². The minimum absolute atomic E-state index is 0.0497. The highest BCUT2D eigenvalue weighted by Crippen LogP contribution is 2.28. The highest BCUT2D eigenvalue weighted by molar-refractivity contribution is 7.15. The standard InChI is InChI=1S/C19H24N4O2S.C10H9NO/c1-3-8-23(13-24)11-14-5-4-6-15(10-14)18(25)21-19-20-16-7-9-22(2)12-17(16)26-19;1-7-2-4-9-8(6-7)3-5-10(12)11-9/h4-6,10,13H,3,7-9,11-12H2,1-2H3,(H,20,21,25);2-6H,1H3,(H,11,12). The van der Waals surface area contributed by atoms with E-state index >= 15 is 0 Å². The Bertz CT molecular complexity index is 1480. The van der Waals surface area contributed by atoms with Gasteiger partial charge in [0, 0.05) is 54.6 Å². The second-order valence-electron chi connectivity index (χ2n) is 9.52. The van der Waals surface area contributed by atoms with E-state index in [9.17, 15) is 14.4 Å². The zero-order valence-corrected chi connectivity index (χ0v) is 22.8. The van der Waals surface area contributed by atoms with Crippen LogP contribution in [0, 0.1) is 6.92 Å². The number of thiazole rings is 1. The van der Waals surface area contributed by atoms with Crippen molar-refractivity contribution in [1.29, 1.82) is 0 Å². The zero-order chi connectivity index (χ0) is 27.1. The van der Waals surface area contributed by atoms with Crippen molar-refractivity contribution in [2.45, 2.75) is 39.8 Å². The van der Waals surface area contributed by atoms with Crippen molar-refractivity contribution >= 4 is 39.7 Å². The lowest BCUT2D eigenvalue weighted by atomic mass is 10.1. The Morgan fingerprint density at radius 2 is 2.05 bits per heavy atom. The van der Waals surface area contributed by atoms with Crippen molar-refractivity contribution in [1.82, 2.24) is 19.8 Å². The molecule has 0 aliphatic carbocycles. The van der Waals surface area contributed by atoms with Gasteiger partial charge in [-0.3, -0.25) is 19.7 Å². The third kappa shape index (κ3) is 7.14. The van der Waals surface area contributed by atoms with Crippen LogP contribution in [0.15, 0.2) is 59.4 Å². The van der Waals surface area contributed by atoms with Crippen molar-refractivity contribution in [3.05, 3.63) is 92.2 Å². The van der Waals surface area contributed by atoms with Crippen molar-refractivity contribution in [3.8, 4) is 0 Å². The first-order valence-electron chi connectivity index (χ1n) is 12.7. The molecule has 0 saturated carbocycles. The van der Waals surface area contributed by atoms with E-state index in [2.05, 4.69) is 27.2 Å². The first kappa shape index (κ1) is 27.2. The molecule has 1 aliphatic heterocycles. The van der Waals surface area contributed by atoms with Crippen molar-refractivity contribution < 1.29 is 9.59 Å². The predicted octanol–water partition coefficient (Wildman–Crippen LogP) is 4.59. The van der Waals surface area contributed by atoms with E-state index in [-0.39, 0.29) is 11.5 Å². The second-order valence-corrected chi connectivity index (χ2v) is 10.6. The number of likely N-dealkylation sites (N-methyl/N-ethyl adjacent to an activating group) is 1. The van der Waals surface area contributed by atoms with Crippen LogP contribution in [-0.2, 0) is 24.3 Å². The maximum absolute atomic E-state index is 12.6. The van der Waals surface area contributed by atoms with Gasteiger partial charge >= 0.3 is 0 Å². The molecule has 3 heterocycles. The number of H-pyrrole nitrogens is 1. The van der Waals surface area contributed by atoms with Gasteiger partial charge in [0.25, 0.3) is 5.91 Å². The summed E-state index contributed by atoms with van der Waals surface area (Å²) in [5, 5.41) is 4.65. The van der Waals surface area contributed by atoms with Crippen LogP contribution in [0.3, 0.4) is 0 Å². The molecular formula is C29H33N5O3S. The zero-order valence-electron chi connectivity index (χ0n) is 22.0. The predicted molar refractivity (Wildman–Crippen MR) is 153 cm³/mol. The van der Waals surface area contributed by atoms with E-state index in [1.807, 2.05) is 56.3 Å². The quantitative estimate of drug-likeness (QED) is 0.340. The SMILES string of the molecule is CCCN(C=O)Cc1cccc(C(=O)Nc2nc3c(s2)CN(C)CC3)c1.Cc1ccc2[nH]c(=O)ccc2c1. The Morgan fingerprint density at radius 3 is 2.84 bits per heavy atom. The maximum atomic E-state index is 12.6. The van der Waals surface area contributed by atoms with Crippen LogP contribution in [0.4, 0.5) is 5.13 Å². The van der Waals surface area contributed by atoms with Gasteiger partial charge in [-0.05, 0) is 61.7 Å². The fraction of sp³-hybridized carbons (Fsp3) is 0.310. The van der Waals surface area contributed by atoms with E-state index in [1.54, 1.807) is 28.4 Å². The van der Waals surface area contributed by atoms with Crippen LogP contribution in [0.5, 0.6) is 0 Å². The lowest BCUT2D eigenvalue weighted by Gasteiger charge is -2.20. The summed E-state index contributed by atoms with van der Waals surface area (Å²) < 4.78 is 0. The summed E-state index contributed by atoms with van der Waals surface area (Å²) in [4.78, 5) is 47.1. The van der Waals surface area contributed by atoms with Crippen LogP contribution in [0.2, 0.25) is 0 Å². The average Bonchev–Trinajstić information content (AvgIpc) is 3.30. The van der Waals surface area contributed by atoms with Crippen LogP contribution >= 0.6 is 11.3 Å². The van der Waals surface area contributed by atoms with Crippen molar-refractivity contribution in [2.24, 2.45) is 0 Å². The largest absolute Gasteiger partial charge is 0.341 e. The van der Waals surface area contributed by atoms with Crippen LogP contribution in [0.25, 0.3) is 10.9 Å². The first-order chi connectivity index (χ1) is 18.3. The smallest absolute Gasteiger partial charge is 0.257 e. The number of fused-ring (bicyclic) bond motifs is 2. The molecule has 38 heavy (non-hydrogen) atoms. The van der Waals surface area contributed by atoms with Gasteiger partial charge in [-0.25, -0.2) is 4.98 Å². The minimum Gasteiger partial charge on any atom is -0.341 e. The van der Waals surface area contributed by atoms with Crippen molar-refractivity contribution in [3.63, 3.8) is 0 Å². The summed E-state index contributed by atoms with van der Waals surface area (Å²) in [5.41, 5.74) is 4.67. The third-order valence-electron chi connectivity index (χ3n) is 6.26. The number of nitrogens with zero attached hydrogens (tertiary/aromatic N) is 3. The maximum Gasteiger partial charge on any atom is 0.257 e. The van der Waals surface area contributed by atoms with Gasteiger partial charge in [-0.15, -0.1) is 11.3 Å². The number of benzene rings is 2. The summed E-state index contributed by atoms with van der Waals surface area (Å²) in [6.07, 6.45) is 2.68. The first-order valence-corrected chi connectivity index (χ1v) is 13.5. The molecule has 0 saturated heterocycles. The minimum atomic E-state index is -0.167. The van der Waals surface area contributed by atoms with Gasteiger partial charge in [0.05, 0.1) is 5.69 Å². The number of aromatic nitrogens is 2. The lowest BCUT2D eigenvalue weighted by molar-refractivity contribution is -0.118. The fourth-order valence-corrected chi connectivity index (χ4v) is 5.40. The number of pyridine rings is 1. The molecule has 0 atom stereocenters. The molecule has 9 heteroatoms. The highest BCUT2D eigenvalue weighted by atomic mass is 32.1. The van der Waals surface area contributed by atoms with Gasteiger partial charge in [0.15, 0.2) is 5.13 Å². The van der Waals surface area contributed by atoms with E-state index in [0.717, 1.165) is 54.5 Å². The molecule has 4 aromatic rings. The normalized spacial score (nSPS) is 12.8. The molecule has 1 aliphatic rings. The number of hydrogen-bond donors (Lipinski definition) is 2. The highest BCUT2D eigenvalue weighted by Gasteiger charge is 2.19. The Labute approximate surface area is 226 Å². The van der Waals surface area contributed by atoms with Crippen LogP contribution in [-0.4, -0.2) is 52.2 Å². The number of hydrogen-bond acceptors (Lipinski definition) is 6. The topological polar surface area (TPSA) is 98.4 Å². The van der Waals surface area contributed by atoms with E-state index in [4.69, 9.17) is 0 Å². The molecule has 2 aromatic heterocycles. The summed E-state index contributed by atoms with van der Waals surface area (Å²) in [7, 11) is 2.09. The average molecular weight is 532 g/mol. The number of aryl methyl sites for hydroxylation is 1. The molecule has 0 spiro atoms. The Balaban J connectivity index is 0.000000232. The summed E-state index contributed by atoms with van der Waals surface area (Å²) in [6.45, 7) is 7.17. The summed E-state index contributed by atoms with van der Waals surface area (Å²) in [5.74, 6) is -0.167. The number of anilines is 1. The molecule has 5 rings (SSSR count). The molecule has 2 N–H and O–H groups in total. The number of nitrogens with one attached hydrogen (secondary N) is 2. The Hall–Kier alpha value is -3.82. The lowest BCUT2D eigenvalue weighted by Crippen LogP contribution is -2.25. The molecule has 0 fully saturated rings. The summed E-state index contributed by atoms with van der Waals surface area (Å²) >= 11 is 1.55. The molecule has 198 valence electrons. The van der Waals surface area contributed by atoms with Gasteiger partial charge in [0.1, 0.15) is 0 Å². The molecule has 2 amide bonds. The number of rotatable bonds is 7. The van der Waals surface area contributed by atoms with Gasteiger partial charge in [-0.2, -0.15) is 0 Å². The Kier molecular flexibility index (Phi) is 9.04. The number of amides is 2. The molecule has 2 aromatic carbocycles. The Morgan fingerprint density at radius 1 is 1.21 bits per heavy atom. The van der Waals surface area contributed by atoms with Crippen LogP contribution in [0.1, 0.15) is 45.4 Å². The third-order valence-corrected chi connectivity index (χ3v) is 7.25. The molecule has 8 nitrogen and oxygen atoms in total. The monoisotopic (exact) mass is 531 g/mol. The molecule has 0 unspecified atom stereocenters. The van der Waals surface area contributed by atoms with Gasteiger partial charge < -0.3 is 14.8 Å². The van der Waals surface area contributed by atoms with Gasteiger partial charge in [-0.1, -0.05) is 30.7 Å². The second kappa shape index (κ2) is 12.6. The number of aromatic amines is 1. The van der Waals surface area contributed by atoms with Crippen LogP contribution < -0.4 is 10.9 Å². The van der Waals surface area contributed by atoms with E-state index in [0.29, 0.717) is 23.8 Å². The molecular weight excluding hydrogens is 498 g/mol. The number of carbonyl (C=O) groups is 2. The van der Waals surface area contributed by atoms with E-state index in [1.165, 1.54) is 10.4 Å². The van der Waals surface area contributed by atoms with Crippen molar-refractivity contribution in [2.75, 3.05) is 25.5 Å². The number of carbonyl (C=O) groups excluding carboxylic acids is 2. The molecule has 0 bridgehead atoms. The van der Waals surface area contributed by atoms with Gasteiger partial charge in [0.2, 0.25) is 12.0 Å².